The first-order valence-corrected chi connectivity index (χ1v) is 5.99. The molecule has 0 spiro atoms. The molecule has 0 saturated carbocycles. The van der Waals surface area contributed by atoms with Crippen LogP contribution in [0.4, 0.5) is 8.78 Å². The van der Waals surface area contributed by atoms with E-state index in [9.17, 15) is 8.78 Å². The minimum atomic E-state index is -0.541. The monoisotopic (exact) mass is 240 g/mol. The van der Waals surface area contributed by atoms with E-state index in [1.54, 1.807) is 12.1 Å². The molecule has 1 aromatic rings. The Balaban J connectivity index is 2.24. The van der Waals surface area contributed by atoms with Crippen LogP contribution in [0, 0.1) is 12.7 Å². The molecule has 4 heteroatoms. The minimum absolute atomic E-state index is 0.309. The van der Waals surface area contributed by atoms with Crippen molar-refractivity contribution in [3.05, 3.63) is 35.1 Å². The van der Waals surface area contributed by atoms with Gasteiger partial charge in [-0.15, -0.1) is 0 Å². The summed E-state index contributed by atoms with van der Waals surface area (Å²) in [5, 5.41) is 3.21. The number of alkyl halides is 1. The Morgan fingerprint density at radius 3 is 2.71 bits per heavy atom. The van der Waals surface area contributed by atoms with Gasteiger partial charge in [-0.2, -0.15) is 0 Å². The first-order valence-electron chi connectivity index (χ1n) is 5.99. The minimum Gasteiger partial charge on any atom is -0.314 e. The molecule has 17 heavy (non-hydrogen) atoms. The molecule has 1 fully saturated rings. The van der Waals surface area contributed by atoms with Crippen molar-refractivity contribution in [2.45, 2.75) is 13.0 Å². The van der Waals surface area contributed by atoms with E-state index in [1.807, 2.05) is 11.8 Å². The second-order valence-electron chi connectivity index (χ2n) is 4.48. The molecule has 2 rings (SSSR count). The fraction of sp³-hybridized carbons (Fsp3) is 0.538. The maximum Gasteiger partial charge on any atom is 0.128 e. The molecule has 1 aliphatic rings. The third-order valence-electron chi connectivity index (χ3n) is 3.25. The van der Waals surface area contributed by atoms with Gasteiger partial charge in [0.1, 0.15) is 12.5 Å². The normalized spacial score (nSPS) is 19.2. The van der Waals surface area contributed by atoms with Crippen molar-refractivity contribution in [3.63, 3.8) is 0 Å². The van der Waals surface area contributed by atoms with Crippen LogP contribution in [0.5, 0.6) is 0 Å². The van der Waals surface area contributed by atoms with Crippen LogP contribution >= 0.6 is 0 Å². The van der Waals surface area contributed by atoms with Crippen molar-refractivity contribution in [2.24, 2.45) is 0 Å². The number of hydrogen-bond donors (Lipinski definition) is 1. The Morgan fingerprint density at radius 1 is 1.35 bits per heavy atom. The second kappa shape index (κ2) is 5.56. The Morgan fingerprint density at radius 2 is 2.06 bits per heavy atom. The average Bonchev–Trinajstić information content (AvgIpc) is 2.36. The third kappa shape index (κ3) is 2.82. The smallest absolute Gasteiger partial charge is 0.128 e. The molecule has 1 N–H and O–H groups in total. The molecule has 0 bridgehead atoms. The van der Waals surface area contributed by atoms with Crippen LogP contribution in [0.2, 0.25) is 0 Å². The SMILES string of the molecule is Cc1ccc(F)c([C@H](CF)N2CCNCC2)c1. The molecule has 0 amide bonds. The average molecular weight is 240 g/mol. The zero-order valence-corrected chi connectivity index (χ0v) is 10.0. The zero-order chi connectivity index (χ0) is 12.3. The topological polar surface area (TPSA) is 15.3 Å². The van der Waals surface area contributed by atoms with Crippen molar-refractivity contribution in [2.75, 3.05) is 32.9 Å². The molecule has 0 unspecified atom stereocenters. The number of rotatable bonds is 3. The molecule has 1 atom stereocenters. The van der Waals surface area contributed by atoms with Crippen LogP contribution in [-0.4, -0.2) is 37.8 Å². The first kappa shape index (κ1) is 12.5. The van der Waals surface area contributed by atoms with E-state index in [2.05, 4.69) is 5.32 Å². The van der Waals surface area contributed by atoms with Crippen molar-refractivity contribution in [3.8, 4) is 0 Å². The van der Waals surface area contributed by atoms with Crippen LogP contribution in [0.25, 0.3) is 0 Å². The molecule has 1 aromatic carbocycles. The molecular formula is C13H18F2N2. The van der Waals surface area contributed by atoms with E-state index in [4.69, 9.17) is 0 Å². The predicted molar refractivity (Wildman–Crippen MR) is 64.3 cm³/mol. The Hall–Kier alpha value is -1.00. The first-order chi connectivity index (χ1) is 8.22. The largest absolute Gasteiger partial charge is 0.314 e. The van der Waals surface area contributed by atoms with Crippen molar-refractivity contribution < 1.29 is 8.78 Å². The number of piperazine rings is 1. The summed E-state index contributed by atoms with van der Waals surface area (Å²) in [4.78, 5) is 2.01. The van der Waals surface area contributed by atoms with Gasteiger partial charge in [-0.05, 0) is 13.0 Å². The predicted octanol–water partition coefficient (Wildman–Crippen LogP) is 2.05. The summed E-state index contributed by atoms with van der Waals surface area (Å²) < 4.78 is 27.0. The zero-order valence-electron chi connectivity index (χ0n) is 10.0. The van der Waals surface area contributed by atoms with Gasteiger partial charge in [0.05, 0.1) is 6.04 Å². The van der Waals surface area contributed by atoms with E-state index >= 15 is 0 Å². The second-order valence-corrected chi connectivity index (χ2v) is 4.48. The summed E-state index contributed by atoms with van der Waals surface area (Å²) in [7, 11) is 0. The molecule has 1 saturated heterocycles. The molecule has 0 aromatic heterocycles. The number of nitrogens with one attached hydrogen (secondary N) is 1. The third-order valence-corrected chi connectivity index (χ3v) is 3.25. The van der Waals surface area contributed by atoms with Gasteiger partial charge in [-0.3, -0.25) is 4.90 Å². The molecule has 2 nitrogen and oxygen atoms in total. The van der Waals surface area contributed by atoms with E-state index in [1.165, 1.54) is 6.07 Å². The van der Waals surface area contributed by atoms with Gasteiger partial charge in [-0.25, -0.2) is 8.78 Å². The fourth-order valence-electron chi connectivity index (χ4n) is 2.29. The molecule has 1 aliphatic heterocycles. The summed E-state index contributed by atoms with van der Waals surface area (Å²) in [6.45, 7) is 4.56. The van der Waals surface area contributed by atoms with Gasteiger partial charge in [0.2, 0.25) is 0 Å². The van der Waals surface area contributed by atoms with Gasteiger partial charge >= 0.3 is 0 Å². The summed E-state index contributed by atoms with van der Waals surface area (Å²) in [5.74, 6) is -0.309. The number of halogens is 2. The number of benzene rings is 1. The quantitative estimate of drug-likeness (QED) is 0.870. The van der Waals surface area contributed by atoms with E-state index in [0.717, 1.165) is 31.7 Å². The van der Waals surface area contributed by atoms with Crippen molar-refractivity contribution in [1.29, 1.82) is 0 Å². The highest BCUT2D eigenvalue weighted by molar-refractivity contribution is 5.27. The van der Waals surface area contributed by atoms with Crippen LogP contribution in [-0.2, 0) is 0 Å². The van der Waals surface area contributed by atoms with Gasteiger partial charge in [0.15, 0.2) is 0 Å². The molecule has 1 heterocycles. The molecule has 94 valence electrons. The lowest BCUT2D eigenvalue weighted by atomic mass is 10.0. The van der Waals surface area contributed by atoms with E-state index in [0.29, 0.717) is 5.56 Å². The summed E-state index contributed by atoms with van der Waals surface area (Å²) in [6.07, 6.45) is 0. The van der Waals surface area contributed by atoms with Crippen LogP contribution in [0.15, 0.2) is 18.2 Å². The van der Waals surface area contributed by atoms with Gasteiger partial charge in [0.25, 0.3) is 0 Å². The Bertz CT molecular complexity index is 376. The lowest BCUT2D eigenvalue weighted by Crippen LogP contribution is -2.45. The summed E-state index contributed by atoms with van der Waals surface area (Å²) >= 11 is 0. The maximum atomic E-state index is 13.8. The van der Waals surface area contributed by atoms with Gasteiger partial charge < -0.3 is 5.32 Å². The number of aryl methyl sites for hydroxylation is 1. The summed E-state index contributed by atoms with van der Waals surface area (Å²) in [5.41, 5.74) is 1.45. The maximum absolute atomic E-state index is 13.8. The lowest BCUT2D eigenvalue weighted by Gasteiger charge is -2.33. The molecular weight excluding hydrogens is 222 g/mol. The Kier molecular flexibility index (Phi) is 4.07. The lowest BCUT2D eigenvalue weighted by molar-refractivity contribution is 0.144. The van der Waals surface area contributed by atoms with Crippen molar-refractivity contribution >= 4 is 0 Å². The number of nitrogens with zero attached hydrogens (tertiary/aromatic N) is 1. The van der Waals surface area contributed by atoms with E-state index < -0.39 is 12.7 Å². The van der Waals surface area contributed by atoms with Crippen molar-refractivity contribution in [1.82, 2.24) is 10.2 Å². The highest BCUT2D eigenvalue weighted by Crippen LogP contribution is 2.25. The van der Waals surface area contributed by atoms with Crippen LogP contribution in [0.3, 0.4) is 0 Å². The highest BCUT2D eigenvalue weighted by Gasteiger charge is 2.24. The van der Waals surface area contributed by atoms with E-state index in [-0.39, 0.29) is 5.82 Å². The fourth-order valence-corrected chi connectivity index (χ4v) is 2.29. The van der Waals surface area contributed by atoms with Crippen LogP contribution in [0.1, 0.15) is 17.2 Å². The number of hydrogen-bond acceptors (Lipinski definition) is 2. The van der Waals surface area contributed by atoms with Gasteiger partial charge in [0, 0.05) is 31.7 Å². The summed E-state index contributed by atoms with van der Waals surface area (Å²) in [6, 6.07) is 4.44. The molecule has 0 aliphatic carbocycles. The van der Waals surface area contributed by atoms with Gasteiger partial charge in [-0.1, -0.05) is 17.7 Å². The standard InChI is InChI=1S/C13H18F2N2/c1-10-2-3-12(15)11(8-10)13(9-14)17-6-4-16-5-7-17/h2-3,8,13,16H,4-7,9H2,1H3/t13-/m0/s1. The molecule has 0 radical (unpaired) electrons. The highest BCUT2D eigenvalue weighted by atomic mass is 19.1. The van der Waals surface area contributed by atoms with Crippen LogP contribution < -0.4 is 5.32 Å². The Labute approximate surface area is 101 Å².